The number of carbonyl (C=O) groups excluding carboxylic acids is 1. The van der Waals surface area contributed by atoms with E-state index in [9.17, 15) is 4.79 Å². The van der Waals surface area contributed by atoms with E-state index in [2.05, 4.69) is 36.1 Å². The molecule has 0 atom stereocenters. The van der Waals surface area contributed by atoms with Gasteiger partial charge in [-0.15, -0.1) is 0 Å². The van der Waals surface area contributed by atoms with Crippen molar-refractivity contribution in [2.24, 2.45) is 0 Å². The fourth-order valence-corrected chi connectivity index (χ4v) is 1.62. The second kappa shape index (κ2) is 5.51. The van der Waals surface area contributed by atoms with Crippen LogP contribution in [0.25, 0.3) is 11.0 Å². The molecule has 0 fully saturated rings. The van der Waals surface area contributed by atoms with Crippen molar-refractivity contribution < 1.29 is 4.79 Å². The Morgan fingerprint density at radius 2 is 2.21 bits per heavy atom. The first kappa shape index (κ1) is 13.1. The van der Waals surface area contributed by atoms with Gasteiger partial charge >= 0.3 is 0 Å². The molecule has 2 heterocycles. The Morgan fingerprint density at radius 3 is 2.89 bits per heavy atom. The smallest absolute Gasteiger partial charge is 0.239 e. The average Bonchev–Trinajstić information content (AvgIpc) is 2.82. The van der Waals surface area contributed by atoms with Gasteiger partial charge in [0, 0.05) is 13.1 Å². The van der Waals surface area contributed by atoms with Crippen molar-refractivity contribution in [3.63, 3.8) is 0 Å². The number of nitrogens with one attached hydrogen (secondary N) is 4. The monoisotopic (exact) mass is 263 g/mol. The van der Waals surface area contributed by atoms with Gasteiger partial charge in [0.15, 0.2) is 5.65 Å². The molecule has 2 rings (SSSR count). The zero-order valence-electron chi connectivity index (χ0n) is 11.1. The maximum atomic E-state index is 11.6. The molecule has 102 valence electrons. The van der Waals surface area contributed by atoms with Gasteiger partial charge in [-0.25, -0.2) is 0 Å². The molecular weight excluding hydrogens is 246 g/mol. The van der Waals surface area contributed by atoms with Crippen molar-refractivity contribution in [2.45, 2.75) is 19.9 Å². The lowest BCUT2D eigenvalue weighted by Gasteiger charge is -2.10. The van der Waals surface area contributed by atoms with E-state index in [1.807, 2.05) is 13.8 Å². The molecule has 1 amide bonds. The normalized spacial score (nSPS) is 10.7. The summed E-state index contributed by atoms with van der Waals surface area (Å²) in [7, 11) is 1.73. The van der Waals surface area contributed by atoms with Gasteiger partial charge in [-0.3, -0.25) is 9.89 Å². The molecule has 8 heteroatoms. The molecule has 2 aromatic rings. The first-order valence-electron chi connectivity index (χ1n) is 6.02. The first-order chi connectivity index (χ1) is 9.10. The van der Waals surface area contributed by atoms with Gasteiger partial charge in [-0.1, -0.05) is 0 Å². The fraction of sp³-hybridized carbons (Fsp3) is 0.455. The number of carbonyl (C=O) groups is 1. The summed E-state index contributed by atoms with van der Waals surface area (Å²) in [6, 6.07) is 0.113. The quantitative estimate of drug-likeness (QED) is 0.619. The van der Waals surface area contributed by atoms with E-state index < -0.39 is 0 Å². The molecule has 0 radical (unpaired) electrons. The third-order valence-electron chi connectivity index (χ3n) is 2.40. The highest BCUT2D eigenvalue weighted by Gasteiger charge is 2.10. The van der Waals surface area contributed by atoms with Crippen molar-refractivity contribution in [2.75, 3.05) is 24.2 Å². The van der Waals surface area contributed by atoms with E-state index in [4.69, 9.17) is 0 Å². The molecule has 0 aliphatic carbocycles. The van der Waals surface area contributed by atoms with Crippen LogP contribution in [-0.2, 0) is 4.79 Å². The van der Waals surface area contributed by atoms with Crippen LogP contribution in [0.4, 0.5) is 11.8 Å². The van der Waals surface area contributed by atoms with Crippen molar-refractivity contribution in [1.82, 2.24) is 25.5 Å². The Balaban J connectivity index is 2.15. The van der Waals surface area contributed by atoms with Gasteiger partial charge in [0.2, 0.25) is 11.9 Å². The molecule has 8 nitrogen and oxygen atoms in total. The molecule has 0 aromatic carbocycles. The lowest BCUT2D eigenvalue weighted by atomic mass is 10.3. The van der Waals surface area contributed by atoms with Crippen molar-refractivity contribution in [1.29, 1.82) is 0 Å². The van der Waals surface area contributed by atoms with Crippen molar-refractivity contribution in [3.05, 3.63) is 6.20 Å². The Kier molecular flexibility index (Phi) is 3.79. The Labute approximate surface area is 110 Å². The molecule has 0 saturated heterocycles. The maximum absolute atomic E-state index is 11.6. The number of aromatic amines is 1. The summed E-state index contributed by atoms with van der Waals surface area (Å²) in [5.74, 6) is 0.946. The number of amides is 1. The zero-order valence-corrected chi connectivity index (χ0v) is 11.1. The third-order valence-corrected chi connectivity index (χ3v) is 2.40. The van der Waals surface area contributed by atoms with E-state index >= 15 is 0 Å². The van der Waals surface area contributed by atoms with Gasteiger partial charge in [-0.05, 0) is 13.8 Å². The fourth-order valence-electron chi connectivity index (χ4n) is 1.62. The number of fused-ring (bicyclic) bond motifs is 1. The molecule has 0 saturated carbocycles. The van der Waals surface area contributed by atoms with E-state index in [0.717, 1.165) is 5.39 Å². The summed E-state index contributed by atoms with van der Waals surface area (Å²) >= 11 is 0. The van der Waals surface area contributed by atoms with E-state index in [1.54, 1.807) is 13.2 Å². The van der Waals surface area contributed by atoms with Crippen LogP contribution in [0.15, 0.2) is 6.20 Å². The minimum Gasteiger partial charge on any atom is -0.360 e. The Hall–Kier alpha value is -2.38. The summed E-state index contributed by atoms with van der Waals surface area (Å²) in [4.78, 5) is 20.1. The number of H-pyrrole nitrogens is 1. The Morgan fingerprint density at radius 1 is 1.42 bits per heavy atom. The first-order valence-corrected chi connectivity index (χ1v) is 6.02. The van der Waals surface area contributed by atoms with Gasteiger partial charge in [-0.2, -0.15) is 15.1 Å². The van der Waals surface area contributed by atoms with Gasteiger partial charge < -0.3 is 16.0 Å². The van der Waals surface area contributed by atoms with Crippen LogP contribution in [0.5, 0.6) is 0 Å². The summed E-state index contributed by atoms with van der Waals surface area (Å²) < 4.78 is 0. The van der Waals surface area contributed by atoms with Gasteiger partial charge in [0.05, 0.1) is 18.1 Å². The van der Waals surface area contributed by atoms with E-state index in [0.29, 0.717) is 17.4 Å². The standard InChI is InChI=1S/C11H17N7O/c1-6(2)15-8(19)5-13-9-7-4-14-18-10(7)17-11(12-3)16-9/h4,6H,5H2,1-3H3,(H,15,19)(H3,12,13,14,16,17,18). The van der Waals surface area contributed by atoms with Crippen LogP contribution >= 0.6 is 0 Å². The second-order valence-corrected chi connectivity index (χ2v) is 4.35. The number of anilines is 2. The zero-order chi connectivity index (χ0) is 13.8. The highest BCUT2D eigenvalue weighted by Crippen LogP contribution is 2.19. The van der Waals surface area contributed by atoms with Crippen LogP contribution in [0.3, 0.4) is 0 Å². The van der Waals surface area contributed by atoms with Crippen LogP contribution < -0.4 is 16.0 Å². The molecule has 0 unspecified atom stereocenters. The molecule has 19 heavy (non-hydrogen) atoms. The number of hydrogen-bond acceptors (Lipinski definition) is 6. The molecule has 0 aliphatic rings. The number of hydrogen-bond donors (Lipinski definition) is 4. The summed E-state index contributed by atoms with van der Waals surface area (Å²) in [5.41, 5.74) is 0.617. The van der Waals surface area contributed by atoms with E-state index in [-0.39, 0.29) is 18.5 Å². The average molecular weight is 263 g/mol. The summed E-state index contributed by atoms with van der Waals surface area (Å²) in [6.07, 6.45) is 1.62. The minimum absolute atomic E-state index is 0.0868. The topological polar surface area (TPSA) is 108 Å². The van der Waals surface area contributed by atoms with Gasteiger partial charge in [0.1, 0.15) is 5.82 Å². The highest BCUT2D eigenvalue weighted by atomic mass is 16.1. The highest BCUT2D eigenvalue weighted by molar-refractivity contribution is 5.89. The minimum atomic E-state index is -0.0868. The Bertz CT molecular complexity index is 577. The van der Waals surface area contributed by atoms with Crippen molar-refractivity contribution >= 4 is 28.7 Å². The predicted molar refractivity (Wildman–Crippen MR) is 73.0 cm³/mol. The van der Waals surface area contributed by atoms with Gasteiger partial charge in [0.25, 0.3) is 0 Å². The summed E-state index contributed by atoms with van der Waals surface area (Å²) in [5, 5.41) is 16.1. The summed E-state index contributed by atoms with van der Waals surface area (Å²) in [6.45, 7) is 3.98. The number of nitrogens with zero attached hydrogens (tertiary/aromatic N) is 3. The SMILES string of the molecule is CNc1nc(NCC(=O)NC(C)C)c2cn[nH]c2n1. The molecule has 0 spiro atoms. The molecule has 2 aromatic heterocycles. The van der Waals surface area contributed by atoms with Crippen LogP contribution in [0, 0.1) is 0 Å². The lowest BCUT2D eigenvalue weighted by molar-refractivity contribution is -0.119. The molecule has 0 aliphatic heterocycles. The third kappa shape index (κ3) is 3.09. The van der Waals surface area contributed by atoms with E-state index in [1.165, 1.54) is 0 Å². The second-order valence-electron chi connectivity index (χ2n) is 4.35. The number of rotatable bonds is 5. The largest absolute Gasteiger partial charge is 0.360 e. The molecule has 0 bridgehead atoms. The predicted octanol–water partition coefficient (Wildman–Crippen LogP) is 0.331. The van der Waals surface area contributed by atoms with Crippen LogP contribution in [-0.4, -0.2) is 45.7 Å². The number of aromatic nitrogens is 4. The van der Waals surface area contributed by atoms with Crippen molar-refractivity contribution in [3.8, 4) is 0 Å². The lowest BCUT2D eigenvalue weighted by Crippen LogP contribution is -2.35. The van der Waals surface area contributed by atoms with Crippen LogP contribution in [0.1, 0.15) is 13.8 Å². The van der Waals surface area contributed by atoms with Crippen LogP contribution in [0.2, 0.25) is 0 Å². The molecule has 4 N–H and O–H groups in total. The molecular formula is C11H17N7O. The maximum Gasteiger partial charge on any atom is 0.239 e.